The van der Waals surface area contributed by atoms with Crippen molar-refractivity contribution in [2.75, 3.05) is 0 Å². The van der Waals surface area contributed by atoms with Gasteiger partial charge in [-0.25, -0.2) is 0 Å². The maximum atomic E-state index is 5.73. The van der Waals surface area contributed by atoms with Crippen LogP contribution in [0.5, 0.6) is 0 Å². The number of nitrogens with one attached hydrogen (secondary N) is 1. The molecule has 2 aromatic rings. The van der Waals surface area contributed by atoms with Gasteiger partial charge < -0.3 is 0 Å². The number of benzene rings is 1. The molecule has 19 heavy (non-hydrogen) atoms. The van der Waals surface area contributed by atoms with E-state index in [-0.39, 0.29) is 6.04 Å². The summed E-state index contributed by atoms with van der Waals surface area (Å²) < 4.78 is 1.85. The fraction of sp³-hybridized carbons (Fsp3) is 0.400. The highest BCUT2D eigenvalue weighted by Gasteiger charge is 2.17. The third-order valence-corrected chi connectivity index (χ3v) is 3.41. The summed E-state index contributed by atoms with van der Waals surface area (Å²) in [7, 11) is 1.95. The van der Waals surface area contributed by atoms with Gasteiger partial charge in [-0.3, -0.25) is 16.0 Å². The average molecular weight is 258 g/mol. The SMILES string of the molecule is CCc1nn(C)cc1C(Cc1ccc(C)cc1)NN. The lowest BCUT2D eigenvalue weighted by Crippen LogP contribution is -2.30. The Bertz CT molecular complexity index is 528. The van der Waals surface area contributed by atoms with Crippen molar-refractivity contribution in [2.24, 2.45) is 12.9 Å². The summed E-state index contributed by atoms with van der Waals surface area (Å²) in [6.07, 6.45) is 3.84. The van der Waals surface area contributed by atoms with E-state index < -0.39 is 0 Å². The van der Waals surface area contributed by atoms with E-state index in [0.717, 1.165) is 18.5 Å². The smallest absolute Gasteiger partial charge is 0.0670 e. The molecular weight excluding hydrogens is 236 g/mol. The van der Waals surface area contributed by atoms with Gasteiger partial charge >= 0.3 is 0 Å². The van der Waals surface area contributed by atoms with Crippen molar-refractivity contribution in [1.29, 1.82) is 0 Å². The first-order valence-electron chi connectivity index (χ1n) is 6.68. The molecule has 1 atom stereocenters. The van der Waals surface area contributed by atoms with E-state index in [2.05, 4.69) is 54.8 Å². The molecule has 0 amide bonds. The van der Waals surface area contributed by atoms with Crippen LogP contribution in [0.3, 0.4) is 0 Å². The first-order valence-corrected chi connectivity index (χ1v) is 6.68. The topological polar surface area (TPSA) is 55.9 Å². The monoisotopic (exact) mass is 258 g/mol. The number of aromatic nitrogens is 2. The molecule has 0 fully saturated rings. The number of hydrazine groups is 1. The van der Waals surface area contributed by atoms with Crippen LogP contribution >= 0.6 is 0 Å². The van der Waals surface area contributed by atoms with E-state index in [1.54, 1.807) is 0 Å². The molecule has 4 heteroatoms. The summed E-state index contributed by atoms with van der Waals surface area (Å²) in [5.41, 5.74) is 7.76. The van der Waals surface area contributed by atoms with Crippen molar-refractivity contribution in [1.82, 2.24) is 15.2 Å². The summed E-state index contributed by atoms with van der Waals surface area (Å²) in [6.45, 7) is 4.21. The fourth-order valence-corrected chi connectivity index (χ4v) is 2.34. The molecule has 102 valence electrons. The van der Waals surface area contributed by atoms with Crippen LogP contribution in [0.1, 0.15) is 35.3 Å². The van der Waals surface area contributed by atoms with Crippen LogP contribution in [0, 0.1) is 6.92 Å². The predicted molar refractivity (Wildman–Crippen MR) is 77.5 cm³/mol. The standard InChI is InChI=1S/C15H22N4/c1-4-14-13(10-19(3)18-14)15(17-16)9-12-7-5-11(2)6-8-12/h5-8,10,15,17H,4,9,16H2,1-3H3. The fourth-order valence-electron chi connectivity index (χ4n) is 2.34. The molecule has 1 aromatic carbocycles. The van der Waals surface area contributed by atoms with Gasteiger partial charge in [0.25, 0.3) is 0 Å². The van der Waals surface area contributed by atoms with Gasteiger partial charge in [0.15, 0.2) is 0 Å². The lowest BCUT2D eigenvalue weighted by atomic mass is 9.98. The first kappa shape index (κ1) is 13.8. The molecule has 1 unspecified atom stereocenters. The summed E-state index contributed by atoms with van der Waals surface area (Å²) in [4.78, 5) is 0. The van der Waals surface area contributed by atoms with Crippen LogP contribution in [-0.2, 0) is 19.9 Å². The van der Waals surface area contributed by atoms with Gasteiger partial charge in [0, 0.05) is 18.8 Å². The van der Waals surface area contributed by atoms with Gasteiger partial charge in [0.05, 0.1) is 11.7 Å². The number of aryl methyl sites for hydroxylation is 3. The molecule has 0 saturated heterocycles. The number of rotatable bonds is 5. The number of nitrogens with two attached hydrogens (primary N) is 1. The summed E-state index contributed by atoms with van der Waals surface area (Å²) in [5, 5.41) is 4.47. The van der Waals surface area contributed by atoms with E-state index in [9.17, 15) is 0 Å². The Labute approximate surface area is 114 Å². The zero-order chi connectivity index (χ0) is 13.8. The highest BCUT2D eigenvalue weighted by Crippen LogP contribution is 2.21. The van der Waals surface area contributed by atoms with Gasteiger partial charge in [-0.15, -0.1) is 0 Å². The largest absolute Gasteiger partial charge is 0.275 e. The van der Waals surface area contributed by atoms with Crippen molar-refractivity contribution in [3.05, 3.63) is 52.8 Å². The molecule has 0 spiro atoms. The Morgan fingerprint density at radius 3 is 2.58 bits per heavy atom. The third-order valence-electron chi connectivity index (χ3n) is 3.41. The Morgan fingerprint density at radius 1 is 1.32 bits per heavy atom. The molecule has 3 N–H and O–H groups in total. The third kappa shape index (κ3) is 3.22. The van der Waals surface area contributed by atoms with Crippen LogP contribution in [0.15, 0.2) is 30.5 Å². The first-order chi connectivity index (χ1) is 9.13. The molecule has 0 aliphatic rings. The van der Waals surface area contributed by atoms with E-state index in [4.69, 9.17) is 5.84 Å². The lowest BCUT2D eigenvalue weighted by molar-refractivity contribution is 0.547. The van der Waals surface area contributed by atoms with Gasteiger partial charge in [-0.1, -0.05) is 36.8 Å². The quantitative estimate of drug-likeness (QED) is 0.637. The van der Waals surface area contributed by atoms with Crippen LogP contribution in [-0.4, -0.2) is 9.78 Å². The van der Waals surface area contributed by atoms with Crippen molar-refractivity contribution >= 4 is 0 Å². The van der Waals surface area contributed by atoms with Crippen LogP contribution < -0.4 is 11.3 Å². The van der Waals surface area contributed by atoms with Gasteiger partial charge in [-0.2, -0.15) is 5.10 Å². The number of hydrogen-bond acceptors (Lipinski definition) is 3. The van der Waals surface area contributed by atoms with E-state index in [0.29, 0.717) is 0 Å². The van der Waals surface area contributed by atoms with Crippen molar-refractivity contribution in [3.8, 4) is 0 Å². The molecule has 0 aliphatic carbocycles. The van der Waals surface area contributed by atoms with Crippen molar-refractivity contribution in [2.45, 2.75) is 32.7 Å². The number of hydrogen-bond donors (Lipinski definition) is 2. The van der Waals surface area contributed by atoms with E-state index >= 15 is 0 Å². The molecule has 2 rings (SSSR count). The predicted octanol–water partition coefficient (Wildman–Crippen LogP) is 2.04. The van der Waals surface area contributed by atoms with Crippen LogP contribution in [0.25, 0.3) is 0 Å². The Morgan fingerprint density at radius 2 is 2.00 bits per heavy atom. The van der Waals surface area contributed by atoms with Crippen molar-refractivity contribution in [3.63, 3.8) is 0 Å². The Balaban J connectivity index is 2.22. The summed E-state index contributed by atoms with van der Waals surface area (Å²) >= 11 is 0. The normalized spacial score (nSPS) is 12.6. The second-order valence-electron chi connectivity index (χ2n) is 4.97. The van der Waals surface area contributed by atoms with Gasteiger partial charge in [0.2, 0.25) is 0 Å². The van der Waals surface area contributed by atoms with Crippen LogP contribution in [0.4, 0.5) is 0 Å². The number of nitrogens with zero attached hydrogens (tertiary/aromatic N) is 2. The molecular formula is C15H22N4. The zero-order valence-corrected chi connectivity index (χ0v) is 11.9. The molecule has 0 radical (unpaired) electrons. The molecule has 0 bridgehead atoms. The maximum Gasteiger partial charge on any atom is 0.0670 e. The molecule has 4 nitrogen and oxygen atoms in total. The molecule has 0 saturated carbocycles. The van der Waals surface area contributed by atoms with Gasteiger partial charge in [0.1, 0.15) is 0 Å². The zero-order valence-electron chi connectivity index (χ0n) is 11.9. The van der Waals surface area contributed by atoms with Crippen molar-refractivity contribution < 1.29 is 0 Å². The summed E-state index contributed by atoms with van der Waals surface area (Å²) in [5.74, 6) is 5.73. The second-order valence-corrected chi connectivity index (χ2v) is 4.97. The van der Waals surface area contributed by atoms with E-state index in [1.165, 1.54) is 16.7 Å². The Hall–Kier alpha value is -1.65. The molecule has 1 heterocycles. The second kappa shape index (κ2) is 5.99. The maximum absolute atomic E-state index is 5.73. The average Bonchev–Trinajstić information content (AvgIpc) is 2.79. The minimum absolute atomic E-state index is 0.103. The van der Waals surface area contributed by atoms with Crippen LogP contribution in [0.2, 0.25) is 0 Å². The van der Waals surface area contributed by atoms with Gasteiger partial charge in [-0.05, 0) is 25.3 Å². The lowest BCUT2D eigenvalue weighted by Gasteiger charge is -2.16. The Kier molecular flexibility index (Phi) is 4.35. The minimum atomic E-state index is 0.103. The highest BCUT2D eigenvalue weighted by atomic mass is 15.3. The molecule has 0 aliphatic heterocycles. The minimum Gasteiger partial charge on any atom is -0.275 e. The summed E-state index contributed by atoms with van der Waals surface area (Å²) in [6, 6.07) is 8.68. The highest BCUT2D eigenvalue weighted by molar-refractivity contribution is 5.27. The van der Waals surface area contributed by atoms with E-state index in [1.807, 2.05) is 11.7 Å². The molecule has 1 aromatic heterocycles.